The third kappa shape index (κ3) is 3.44. The molecule has 2 aromatic carbocycles. The largest absolute Gasteiger partial charge is 0.477 e. The van der Waals surface area contributed by atoms with Gasteiger partial charge in [0.25, 0.3) is 5.56 Å². The number of benzene rings is 2. The van der Waals surface area contributed by atoms with Gasteiger partial charge in [0.05, 0.1) is 17.3 Å². The van der Waals surface area contributed by atoms with Gasteiger partial charge < -0.3 is 5.11 Å². The van der Waals surface area contributed by atoms with Crippen molar-refractivity contribution in [2.45, 2.75) is 6.54 Å². The molecule has 1 aromatic heterocycles. The Labute approximate surface area is 157 Å². The number of halogens is 3. The van der Waals surface area contributed by atoms with Gasteiger partial charge >= 0.3 is 5.97 Å². The van der Waals surface area contributed by atoms with Crippen molar-refractivity contribution in [2.24, 2.45) is 0 Å². The Kier molecular flexibility index (Phi) is 4.90. The van der Waals surface area contributed by atoms with Gasteiger partial charge in [0.1, 0.15) is 5.56 Å². The minimum atomic E-state index is -1.32. The first-order valence-electron chi connectivity index (χ1n) is 7.13. The number of rotatable bonds is 4. The number of carboxylic acid groups (broad SMARTS) is 1. The van der Waals surface area contributed by atoms with Crippen LogP contribution >= 0.6 is 34.8 Å². The van der Waals surface area contributed by atoms with Crippen molar-refractivity contribution in [3.05, 3.63) is 85.2 Å². The van der Waals surface area contributed by atoms with E-state index in [-0.39, 0.29) is 17.1 Å². The zero-order valence-corrected chi connectivity index (χ0v) is 14.9. The van der Waals surface area contributed by atoms with Gasteiger partial charge in [-0.1, -0.05) is 53.0 Å². The van der Waals surface area contributed by atoms with E-state index in [1.165, 1.54) is 21.6 Å². The predicted molar refractivity (Wildman–Crippen MR) is 97.6 cm³/mol. The van der Waals surface area contributed by atoms with Gasteiger partial charge in [0.15, 0.2) is 0 Å². The fraction of sp³-hybridized carbons (Fsp3) is 0.0588. The van der Waals surface area contributed by atoms with E-state index in [2.05, 4.69) is 0 Å². The summed E-state index contributed by atoms with van der Waals surface area (Å²) in [5.41, 5.74) is 0.00686. The minimum absolute atomic E-state index is 0.196. The van der Waals surface area contributed by atoms with Crippen LogP contribution in [0.15, 0.2) is 53.5 Å². The number of nitrogens with zero attached hydrogens (tertiary/aromatic N) is 2. The van der Waals surface area contributed by atoms with Crippen LogP contribution in [-0.4, -0.2) is 20.4 Å². The van der Waals surface area contributed by atoms with Crippen molar-refractivity contribution in [1.82, 2.24) is 9.36 Å². The van der Waals surface area contributed by atoms with Crippen LogP contribution in [0, 0.1) is 0 Å². The molecule has 0 unspecified atom stereocenters. The average Bonchev–Trinajstić information content (AvgIpc) is 2.87. The Morgan fingerprint density at radius 3 is 2.40 bits per heavy atom. The third-order valence-corrected chi connectivity index (χ3v) is 4.52. The first-order valence-corrected chi connectivity index (χ1v) is 8.26. The highest BCUT2D eigenvalue weighted by Crippen LogP contribution is 2.24. The zero-order valence-electron chi connectivity index (χ0n) is 12.6. The fourth-order valence-corrected chi connectivity index (χ4v) is 3.14. The molecule has 0 bridgehead atoms. The first kappa shape index (κ1) is 17.6. The summed E-state index contributed by atoms with van der Waals surface area (Å²) in [6.07, 6.45) is 1.26. The summed E-state index contributed by atoms with van der Waals surface area (Å²) in [7, 11) is 0. The summed E-state index contributed by atoms with van der Waals surface area (Å²) in [4.78, 5) is 24.0. The lowest BCUT2D eigenvalue weighted by atomic mass is 10.2. The molecular formula is C17H11Cl3N2O3. The molecule has 3 aromatic rings. The molecule has 0 spiro atoms. The van der Waals surface area contributed by atoms with E-state index in [0.29, 0.717) is 15.7 Å². The maximum atomic E-state index is 12.6. The molecule has 3 rings (SSSR count). The van der Waals surface area contributed by atoms with Crippen LogP contribution in [0.1, 0.15) is 15.9 Å². The lowest BCUT2D eigenvalue weighted by Gasteiger charge is -2.14. The van der Waals surface area contributed by atoms with Gasteiger partial charge in [-0.05, 0) is 29.8 Å². The van der Waals surface area contributed by atoms with E-state index in [4.69, 9.17) is 34.8 Å². The molecule has 0 aliphatic heterocycles. The van der Waals surface area contributed by atoms with E-state index >= 15 is 0 Å². The molecule has 25 heavy (non-hydrogen) atoms. The van der Waals surface area contributed by atoms with E-state index in [1.54, 1.807) is 36.4 Å². The molecule has 0 aliphatic carbocycles. The molecule has 128 valence electrons. The van der Waals surface area contributed by atoms with E-state index in [9.17, 15) is 14.7 Å². The predicted octanol–water partition coefficient (Wildman–Crippen LogP) is 4.35. The highest BCUT2D eigenvalue weighted by Gasteiger charge is 2.20. The van der Waals surface area contributed by atoms with Gasteiger partial charge in [0.2, 0.25) is 0 Å². The summed E-state index contributed by atoms with van der Waals surface area (Å²) in [5, 5.41) is 10.4. The molecule has 0 fully saturated rings. The van der Waals surface area contributed by atoms with E-state index < -0.39 is 11.5 Å². The molecule has 0 amide bonds. The quantitative estimate of drug-likeness (QED) is 0.712. The van der Waals surface area contributed by atoms with Crippen LogP contribution in [0.2, 0.25) is 15.1 Å². The Morgan fingerprint density at radius 2 is 1.76 bits per heavy atom. The van der Waals surface area contributed by atoms with Crippen LogP contribution in [0.3, 0.4) is 0 Å². The molecule has 8 heteroatoms. The molecule has 0 atom stereocenters. The number of hydrogen-bond acceptors (Lipinski definition) is 2. The number of carboxylic acids is 1. The topological polar surface area (TPSA) is 64.2 Å². The second-order valence-corrected chi connectivity index (χ2v) is 6.50. The molecule has 0 saturated carbocycles. The lowest BCUT2D eigenvalue weighted by molar-refractivity contribution is 0.0695. The van der Waals surface area contributed by atoms with Gasteiger partial charge in [-0.2, -0.15) is 0 Å². The van der Waals surface area contributed by atoms with Crippen molar-refractivity contribution in [3.63, 3.8) is 0 Å². The van der Waals surface area contributed by atoms with Crippen LogP contribution in [0.25, 0.3) is 5.69 Å². The van der Waals surface area contributed by atoms with Crippen molar-refractivity contribution < 1.29 is 9.90 Å². The Morgan fingerprint density at radius 1 is 1.04 bits per heavy atom. The van der Waals surface area contributed by atoms with Crippen molar-refractivity contribution >= 4 is 40.8 Å². The van der Waals surface area contributed by atoms with Gasteiger partial charge in [-0.3, -0.25) is 9.48 Å². The Balaban J connectivity index is 2.21. The Bertz CT molecular complexity index is 1020. The summed E-state index contributed by atoms with van der Waals surface area (Å²) in [5.74, 6) is -1.32. The molecule has 0 saturated heterocycles. The van der Waals surface area contributed by atoms with Gasteiger partial charge in [0, 0.05) is 16.2 Å². The number of hydrogen-bond donors (Lipinski definition) is 1. The maximum Gasteiger partial charge on any atom is 0.342 e. The monoisotopic (exact) mass is 396 g/mol. The Hall–Kier alpha value is -2.21. The molecule has 1 N–H and O–H groups in total. The van der Waals surface area contributed by atoms with E-state index in [1.807, 2.05) is 0 Å². The third-order valence-electron chi connectivity index (χ3n) is 3.62. The summed E-state index contributed by atoms with van der Waals surface area (Å²) >= 11 is 18.3. The second kappa shape index (κ2) is 6.96. The summed E-state index contributed by atoms with van der Waals surface area (Å²) in [6, 6.07) is 11.7. The minimum Gasteiger partial charge on any atom is -0.477 e. The van der Waals surface area contributed by atoms with E-state index in [0.717, 1.165) is 5.56 Å². The van der Waals surface area contributed by atoms with Gasteiger partial charge in [-0.15, -0.1) is 0 Å². The van der Waals surface area contributed by atoms with Crippen LogP contribution in [0.4, 0.5) is 0 Å². The fourth-order valence-electron chi connectivity index (χ4n) is 2.46. The van der Waals surface area contributed by atoms with Gasteiger partial charge in [-0.25, -0.2) is 9.48 Å². The molecule has 0 aliphatic rings. The number of aromatic carboxylic acids is 1. The zero-order chi connectivity index (χ0) is 18.1. The summed E-state index contributed by atoms with van der Waals surface area (Å²) in [6.45, 7) is 0.196. The summed E-state index contributed by atoms with van der Waals surface area (Å²) < 4.78 is 2.66. The number of aromatic nitrogens is 2. The van der Waals surface area contributed by atoms with Crippen LogP contribution in [-0.2, 0) is 6.54 Å². The molecule has 1 heterocycles. The molecular weight excluding hydrogens is 387 g/mol. The first-order chi connectivity index (χ1) is 11.9. The molecule has 5 nitrogen and oxygen atoms in total. The smallest absolute Gasteiger partial charge is 0.342 e. The second-order valence-electron chi connectivity index (χ2n) is 5.25. The number of carbonyl (C=O) groups is 1. The van der Waals surface area contributed by atoms with Crippen molar-refractivity contribution in [3.8, 4) is 5.69 Å². The lowest BCUT2D eigenvalue weighted by Crippen LogP contribution is -2.24. The van der Waals surface area contributed by atoms with Crippen molar-refractivity contribution in [1.29, 1.82) is 0 Å². The average molecular weight is 398 g/mol. The van der Waals surface area contributed by atoms with Crippen LogP contribution < -0.4 is 5.56 Å². The highest BCUT2D eigenvalue weighted by molar-refractivity contribution is 6.35. The molecule has 0 radical (unpaired) electrons. The maximum absolute atomic E-state index is 12.6. The SMILES string of the molecule is O=C(O)c1cn(Cc2ccccc2Cl)n(-c2ccc(Cl)cc2Cl)c1=O. The standard InChI is InChI=1S/C17H11Cl3N2O3/c18-11-5-6-15(14(20)7-11)22-16(23)12(17(24)25)9-21(22)8-10-3-1-2-4-13(10)19/h1-7,9H,8H2,(H,24,25). The van der Waals surface area contributed by atoms with Crippen molar-refractivity contribution in [2.75, 3.05) is 0 Å². The highest BCUT2D eigenvalue weighted by atomic mass is 35.5. The van der Waals surface area contributed by atoms with Crippen LogP contribution in [0.5, 0.6) is 0 Å². The normalized spacial score (nSPS) is 10.8.